The lowest BCUT2D eigenvalue weighted by molar-refractivity contribution is 0.503. The van der Waals surface area contributed by atoms with Gasteiger partial charge in [-0.25, -0.2) is 4.79 Å². The second-order valence-electron chi connectivity index (χ2n) is 7.35. The van der Waals surface area contributed by atoms with Gasteiger partial charge in [-0.3, -0.25) is 14.1 Å². The van der Waals surface area contributed by atoms with Crippen LogP contribution in [0.2, 0.25) is 0 Å². The first kappa shape index (κ1) is 20.3. The van der Waals surface area contributed by atoms with E-state index in [4.69, 9.17) is 4.42 Å². The zero-order valence-corrected chi connectivity index (χ0v) is 18.3. The summed E-state index contributed by atoms with van der Waals surface area (Å²) < 4.78 is 9.10. The van der Waals surface area contributed by atoms with Crippen LogP contribution in [0.5, 0.6) is 0 Å². The number of hydrogen-bond acceptors (Lipinski definition) is 6. The maximum Gasteiger partial charge on any atom is 0.419 e. The molecule has 2 aromatic carbocycles. The normalized spacial score (nSPS) is 11.3. The van der Waals surface area contributed by atoms with Crippen LogP contribution in [-0.2, 0) is 6.54 Å². The molecule has 0 spiro atoms. The summed E-state index contributed by atoms with van der Waals surface area (Å²) in [6.45, 7) is 2.66. The van der Waals surface area contributed by atoms with E-state index in [0.717, 1.165) is 45.5 Å². The van der Waals surface area contributed by atoms with Crippen LogP contribution in [0.15, 0.2) is 87.4 Å². The average Bonchev–Trinajstić information content (AvgIpc) is 3.38. The first-order chi connectivity index (χ1) is 15.7. The van der Waals surface area contributed by atoms with Gasteiger partial charge in [0, 0.05) is 30.3 Å². The quantitative estimate of drug-likeness (QED) is 0.267. The van der Waals surface area contributed by atoms with Crippen molar-refractivity contribution in [2.75, 3.05) is 5.75 Å². The molecule has 0 unspecified atom stereocenters. The van der Waals surface area contributed by atoms with Gasteiger partial charge in [0.05, 0.1) is 11.2 Å². The van der Waals surface area contributed by atoms with Crippen LogP contribution in [0.25, 0.3) is 28.2 Å². The number of aromatic nitrogens is 5. The van der Waals surface area contributed by atoms with E-state index >= 15 is 0 Å². The van der Waals surface area contributed by atoms with Crippen molar-refractivity contribution in [1.82, 2.24) is 24.3 Å². The molecule has 0 fully saturated rings. The largest absolute Gasteiger partial charge is 0.419 e. The molecule has 0 saturated carbocycles. The summed E-state index contributed by atoms with van der Waals surface area (Å²) in [4.78, 5) is 16.3. The third-order valence-electron chi connectivity index (χ3n) is 5.26. The van der Waals surface area contributed by atoms with E-state index in [1.807, 2.05) is 48.5 Å². The van der Waals surface area contributed by atoms with Crippen molar-refractivity contribution in [2.24, 2.45) is 0 Å². The molecule has 0 saturated heterocycles. The van der Waals surface area contributed by atoms with E-state index in [1.165, 1.54) is 0 Å². The zero-order valence-electron chi connectivity index (χ0n) is 17.5. The third-order valence-corrected chi connectivity index (χ3v) is 6.27. The van der Waals surface area contributed by atoms with Crippen LogP contribution in [-0.4, -0.2) is 30.1 Å². The fourth-order valence-electron chi connectivity index (χ4n) is 3.69. The Balaban J connectivity index is 1.39. The Morgan fingerprint density at radius 2 is 1.75 bits per heavy atom. The highest BCUT2D eigenvalue weighted by atomic mass is 32.2. The lowest BCUT2D eigenvalue weighted by Crippen LogP contribution is -2.14. The first-order valence-electron chi connectivity index (χ1n) is 10.4. The molecule has 0 bridgehead atoms. The SMILES string of the molecule is Cc1ccccc1-n1c(SCCCn2c(=O)oc3ccccc32)nnc1-c1ccncc1. The van der Waals surface area contributed by atoms with Crippen LogP contribution < -0.4 is 5.76 Å². The van der Waals surface area contributed by atoms with Crippen molar-refractivity contribution >= 4 is 22.9 Å². The number of benzene rings is 2. The molecule has 0 amide bonds. The highest BCUT2D eigenvalue weighted by molar-refractivity contribution is 7.99. The fourth-order valence-corrected chi connectivity index (χ4v) is 4.56. The number of nitrogens with zero attached hydrogens (tertiary/aromatic N) is 5. The van der Waals surface area contributed by atoms with Crippen LogP contribution >= 0.6 is 11.8 Å². The molecule has 0 aliphatic carbocycles. The van der Waals surface area contributed by atoms with Gasteiger partial charge >= 0.3 is 5.76 Å². The average molecular weight is 444 g/mol. The molecule has 0 atom stereocenters. The summed E-state index contributed by atoms with van der Waals surface area (Å²) in [5, 5.41) is 9.78. The molecule has 5 aromatic rings. The van der Waals surface area contributed by atoms with Crippen molar-refractivity contribution in [2.45, 2.75) is 25.0 Å². The van der Waals surface area contributed by atoms with Gasteiger partial charge < -0.3 is 4.42 Å². The monoisotopic (exact) mass is 443 g/mol. The van der Waals surface area contributed by atoms with E-state index in [1.54, 1.807) is 28.7 Å². The maximum atomic E-state index is 12.2. The molecule has 32 heavy (non-hydrogen) atoms. The van der Waals surface area contributed by atoms with Gasteiger partial charge in [0.15, 0.2) is 16.6 Å². The van der Waals surface area contributed by atoms with Crippen LogP contribution in [0, 0.1) is 6.92 Å². The third kappa shape index (κ3) is 3.85. The lowest BCUT2D eigenvalue weighted by atomic mass is 10.2. The number of hydrogen-bond donors (Lipinski definition) is 0. The van der Waals surface area contributed by atoms with Crippen molar-refractivity contribution in [3.8, 4) is 17.1 Å². The molecule has 160 valence electrons. The van der Waals surface area contributed by atoms with Gasteiger partial charge in [0.25, 0.3) is 0 Å². The Labute approximate surface area is 188 Å². The standard InChI is InChI=1S/C24H21N5O2S/c1-17-7-2-3-8-19(17)29-22(18-11-13-25-14-12-18)26-27-23(29)32-16-6-15-28-20-9-4-5-10-21(20)31-24(28)30/h2-5,7-14H,6,15-16H2,1H3. The molecule has 5 rings (SSSR count). The van der Waals surface area contributed by atoms with E-state index < -0.39 is 0 Å². The van der Waals surface area contributed by atoms with E-state index in [0.29, 0.717) is 12.1 Å². The molecule has 3 heterocycles. The number of rotatable bonds is 7. The smallest absolute Gasteiger partial charge is 0.408 e. The summed E-state index contributed by atoms with van der Waals surface area (Å²) in [5.41, 5.74) is 4.58. The molecule has 0 radical (unpaired) electrons. The summed E-state index contributed by atoms with van der Waals surface area (Å²) in [7, 11) is 0. The van der Waals surface area contributed by atoms with Gasteiger partial charge in [0.1, 0.15) is 0 Å². The van der Waals surface area contributed by atoms with E-state index in [2.05, 4.69) is 38.8 Å². The topological polar surface area (TPSA) is 78.7 Å². The number of aryl methyl sites for hydroxylation is 2. The van der Waals surface area contributed by atoms with Crippen LogP contribution in [0.4, 0.5) is 0 Å². The number of para-hydroxylation sites is 3. The Bertz CT molecular complexity index is 1420. The molecule has 0 aliphatic heterocycles. The highest BCUT2D eigenvalue weighted by Gasteiger charge is 2.17. The molecule has 0 N–H and O–H groups in total. The van der Waals surface area contributed by atoms with E-state index in [9.17, 15) is 4.79 Å². The molecule has 8 heteroatoms. The Morgan fingerprint density at radius 3 is 2.59 bits per heavy atom. The minimum atomic E-state index is -0.320. The summed E-state index contributed by atoms with van der Waals surface area (Å²) in [6.07, 6.45) is 4.30. The van der Waals surface area contributed by atoms with Crippen molar-refractivity contribution in [3.63, 3.8) is 0 Å². The molecule has 3 aromatic heterocycles. The van der Waals surface area contributed by atoms with Crippen molar-refractivity contribution < 1.29 is 4.42 Å². The van der Waals surface area contributed by atoms with Crippen LogP contribution in [0.1, 0.15) is 12.0 Å². The minimum Gasteiger partial charge on any atom is -0.408 e. The van der Waals surface area contributed by atoms with Gasteiger partial charge in [-0.2, -0.15) is 0 Å². The molecular weight excluding hydrogens is 422 g/mol. The van der Waals surface area contributed by atoms with Gasteiger partial charge in [0.2, 0.25) is 0 Å². The minimum absolute atomic E-state index is 0.320. The number of fused-ring (bicyclic) bond motifs is 1. The molecule has 7 nitrogen and oxygen atoms in total. The van der Waals surface area contributed by atoms with E-state index in [-0.39, 0.29) is 5.76 Å². The second kappa shape index (κ2) is 8.84. The maximum absolute atomic E-state index is 12.2. The number of thioether (sulfide) groups is 1. The predicted molar refractivity (Wildman–Crippen MR) is 125 cm³/mol. The first-order valence-corrected chi connectivity index (χ1v) is 11.3. The number of pyridine rings is 1. The summed E-state index contributed by atoms with van der Waals surface area (Å²) >= 11 is 1.63. The number of oxazole rings is 1. The van der Waals surface area contributed by atoms with Gasteiger partial charge in [-0.1, -0.05) is 42.1 Å². The molecular formula is C24H21N5O2S. The lowest BCUT2D eigenvalue weighted by Gasteiger charge is -2.12. The van der Waals surface area contributed by atoms with Crippen LogP contribution in [0.3, 0.4) is 0 Å². The Hall–Kier alpha value is -3.65. The predicted octanol–water partition coefficient (Wildman–Crippen LogP) is 4.73. The fraction of sp³-hybridized carbons (Fsp3) is 0.167. The van der Waals surface area contributed by atoms with Crippen molar-refractivity contribution in [3.05, 3.63) is 89.2 Å². The summed E-state index contributed by atoms with van der Waals surface area (Å²) in [5.74, 6) is 1.24. The van der Waals surface area contributed by atoms with Gasteiger partial charge in [-0.05, 0) is 49.2 Å². The molecule has 0 aliphatic rings. The van der Waals surface area contributed by atoms with Gasteiger partial charge in [-0.15, -0.1) is 10.2 Å². The van der Waals surface area contributed by atoms with Crippen molar-refractivity contribution in [1.29, 1.82) is 0 Å². The zero-order chi connectivity index (χ0) is 21.9. The highest BCUT2D eigenvalue weighted by Crippen LogP contribution is 2.29. The Kier molecular flexibility index (Phi) is 5.60. The summed E-state index contributed by atoms with van der Waals surface area (Å²) in [6, 6.07) is 19.6. The second-order valence-corrected chi connectivity index (χ2v) is 8.42. The Morgan fingerprint density at radius 1 is 0.969 bits per heavy atom.